The van der Waals surface area contributed by atoms with Crippen molar-refractivity contribution >= 4 is 6.09 Å². The van der Waals surface area contributed by atoms with E-state index in [9.17, 15) is 9.18 Å². The molecule has 3 nitrogen and oxygen atoms in total. The predicted octanol–water partition coefficient (Wildman–Crippen LogP) is 0.333. The van der Waals surface area contributed by atoms with Crippen molar-refractivity contribution in [2.24, 2.45) is 0 Å². The largest absolute Gasteiger partial charge is 0.465 e. The van der Waals surface area contributed by atoms with Gasteiger partial charge in [-0.1, -0.05) is 0 Å². The number of hydrogen-bond acceptors (Lipinski definition) is 1. The first-order valence-electron chi connectivity index (χ1n) is 1.30. The highest BCUT2D eigenvalue weighted by molar-refractivity contribution is 5.63. The maximum atomic E-state index is 10.8. The number of carbonyl (C=O) groups is 1. The molecule has 0 spiro atoms. The van der Waals surface area contributed by atoms with Crippen LogP contribution >= 0.6 is 0 Å². The molecule has 0 rings (SSSR count). The standard InChI is InChI=1S/C2H4FNO2.FH/c3-1-4-2(5)6;/h4H,1H2,(H,5,6);1H. The fourth-order valence-corrected chi connectivity index (χ4v) is 0.0572. The van der Waals surface area contributed by atoms with Gasteiger partial charge in [0, 0.05) is 0 Å². The Labute approximate surface area is 38.5 Å². The Kier molecular flexibility index (Phi) is 6.93. The molecule has 0 saturated heterocycles. The van der Waals surface area contributed by atoms with Gasteiger partial charge in [0.15, 0.2) is 6.80 Å². The van der Waals surface area contributed by atoms with Crippen molar-refractivity contribution in [1.82, 2.24) is 5.32 Å². The van der Waals surface area contributed by atoms with E-state index in [1.165, 1.54) is 5.32 Å². The third-order valence-electron chi connectivity index (χ3n) is 0.218. The van der Waals surface area contributed by atoms with Crippen LogP contribution in [-0.2, 0) is 0 Å². The van der Waals surface area contributed by atoms with Gasteiger partial charge in [0.1, 0.15) is 0 Å². The molecule has 0 aliphatic heterocycles. The maximum Gasteiger partial charge on any atom is 0.406 e. The minimum absolute atomic E-state index is 0. The first kappa shape index (κ1) is 9.46. The predicted molar refractivity (Wildman–Crippen MR) is 19.6 cm³/mol. The van der Waals surface area contributed by atoms with Gasteiger partial charge in [0.2, 0.25) is 0 Å². The zero-order chi connectivity index (χ0) is 4.99. The second kappa shape index (κ2) is 5.13. The first-order chi connectivity index (χ1) is 2.77. The highest BCUT2D eigenvalue weighted by atomic mass is 19.1. The summed E-state index contributed by atoms with van der Waals surface area (Å²) in [5.41, 5.74) is 0. The van der Waals surface area contributed by atoms with Crippen molar-refractivity contribution in [2.45, 2.75) is 0 Å². The van der Waals surface area contributed by atoms with E-state index in [2.05, 4.69) is 0 Å². The molecule has 0 aromatic heterocycles. The molecule has 0 bridgehead atoms. The molecule has 0 atom stereocenters. The van der Waals surface area contributed by atoms with Gasteiger partial charge < -0.3 is 5.11 Å². The summed E-state index contributed by atoms with van der Waals surface area (Å²) < 4.78 is 10.8. The molecule has 0 unspecified atom stereocenters. The molecule has 1 amide bonds. The number of alkyl halides is 1. The van der Waals surface area contributed by atoms with E-state index in [4.69, 9.17) is 5.11 Å². The van der Waals surface area contributed by atoms with Crippen LogP contribution in [0.5, 0.6) is 0 Å². The van der Waals surface area contributed by atoms with Gasteiger partial charge in [0.25, 0.3) is 0 Å². The number of nitrogens with one attached hydrogen (secondary N) is 1. The van der Waals surface area contributed by atoms with Gasteiger partial charge in [0.05, 0.1) is 0 Å². The molecule has 44 valence electrons. The van der Waals surface area contributed by atoms with E-state index in [0.29, 0.717) is 0 Å². The van der Waals surface area contributed by atoms with E-state index in [-0.39, 0.29) is 4.70 Å². The molecular weight excluding hydrogens is 108 g/mol. The van der Waals surface area contributed by atoms with Crippen molar-refractivity contribution in [1.29, 1.82) is 0 Å². The lowest BCUT2D eigenvalue weighted by Crippen LogP contribution is -2.18. The maximum absolute atomic E-state index is 10.8. The summed E-state index contributed by atoms with van der Waals surface area (Å²) in [5.74, 6) is 0. The lowest BCUT2D eigenvalue weighted by molar-refractivity contribution is 0.189. The van der Waals surface area contributed by atoms with Crippen molar-refractivity contribution in [3.8, 4) is 0 Å². The summed E-state index contributed by atoms with van der Waals surface area (Å²) in [5, 5.41) is 9.02. The topological polar surface area (TPSA) is 49.3 Å². The molecule has 0 saturated carbocycles. The Balaban J connectivity index is 0. The number of amides is 1. The summed E-state index contributed by atoms with van der Waals surface area (Å²) in [6, 6.07) is 0. The lowest BCUT2D eigenvalue weighted by atomic mass is 11.1. The molecular formula is C2H5F2NO2. The van der Waals surface area contributed by atoms with Gasteiger partial charge in [-0.15, -0.1) is 0 Å². The zero-order valence-corrected chi connectivity index (χ0v) is 3.35. The van der Waals surface area contributed by atoms with Gasteiger partial charge >= 0.3 is 6.09 Å². The third kappa shape index (κ3) is 11.1. The van der Waals surface area contributed by atoms with Crippen LogP contribution in [0, 0.1) is 0 Å². The van der Waals surface area contributed by atoms with Crippen LogP contribution in [0.1, 0.15) is 0 Å². The Hall–Kier alpha value is -0.870. The van der Waals surface area contributed by atoms with E-state index in [1.807, 2.05) is 0 Å². The van der Waals surface area contributed by atoms with Gasteiger partial charge in [-0.2, -0.15) is 0 Å². The molecule has 7 heavy (non-hydrogen) atoms. The minimum Gasteiger partial charge on any atom is -0.465 e. The fourth-order valence-electron chi connectivity index (χ4n) is 0.0572. The average Bonchev–Trinajstić information content (AvgIpc) is 1.35. The Bertz CT molecular complexity index is 57.7. The first-order valence-corrected chi connectivity index (χ1v) is 1.30. The minimum atomic E-state index is -1.34. The van der Waals surface area contributed by atoms with Crippen LogP contribution in [-0.4, -0.2) is 18.0 Å². The molecule has 2 N–H and O–H groups in total. The third-order valence-corrected chi connectivity index (χ3v) is 0.218. The van der Waals surface area contributed by atoms with Crippen molar-refractivity contribution < 1.29 is 19.0 Å². The molecule has 0 aromatic carbocycles. The monoisotopic (exact) mass is 113 g/mol. The molecule has 0 aliphatic rings. The van der Waals surface area contributed by atoms with Crippen LogP contribution in [0.2, 0.25) is 0 Å². The Morgan fingerprint density at radius 1 is 1.86 bits per heavy atom. The lowest BCUT2D eigenvalue weighted by Gasteiger charge is -1.84. The summed E-state index contributed by atoms with van der Waals surface area (Å²) in [6.45, 7) is -1.02. The van der Waals surface area contributed by atoms with E-state index >= 15 is 0 Å². The molecule has 0 aliphatic carbocycles. The Morgan fingerprint density at radius 2 is 2.29 bits per heavy atom. The SMILES string of the molecule is F.O=C(O)NCF. The quantitative estimate of drug-likeness (QED) is 0.481. The zero-order valence-electron chi connectivity index (χ0n) is 3.35. The van der Waals surface area contributed by atoms with Crippen molar-refractivity contribution in [2.75, 3.05) is 6.80 Å². The van der Waals surface area contributed by atoms with Crippen molar-refractivity contribution in [3.63, 3.8) is 0 Å². The van der Waals surface area contributed by atoms with Crippen LogP contribution in [0.25, 0.3) is 0 Å². The number of carboxylic acid groups (broad SMARTS) is 1. The summed E-state index contributed by atoms with van der Waals surface area (Å²) in [6.07, 6.45) is -1.34. The van der Waals surface area contributed by atoms with Gasteiger partial charge in [-0.25, -0.2) is 9.18 Å². The molecule has 0 heterocycles. The normalized spacial score (nSPS) is 6.43. The second-order valence-corrected chi connectivity index (χ2v) is 0.616. The van der Waals surface area contributed by atoms with E-state index in [1.54, 1.807) is 0 Å². The Morgan fingerprint density at radius 3 is 2.29 bits per heavy atom. The number of hydrogen-bond donors (Lipinski definition) is 2. The van der Waals surface area contributed by atoms with Crippen molar-refractivity contribution in [3.05, 3.63) is 0 Å². The highest BCUT2D eigenvalue weighted by Crippen LogP contribution is 1.57. The number of rotatable bonds is 1. The fraction of sp³-hybridized carbons (Fsp3) is 0.500. The van der Waals surface area contributed by atoms with Gasteiger partial charge in [-0.05, 0) is 0 Å². The second-order valence-electron chi connectivity index (χ2n) is 0.616. The highest BCUT2D eigenvalue weighted by Gasteiger charge is 1.85. The summed E-state index contributed by atoms with van der Waals surface area (Å²) in [4.78, 5) is 9.25. The number of halogens is 2. The van der Waals surface area contributed by atoms with Gasteiger partial charge in [-0.3, -0.25) is 10.0 Å². The average molecular weight is 113 g/mol. The summed E-state index contributed by atoms with van der Waals surface area (Å²) >= 11 is 0. The van der Waals surface area contributed by atoms with E-state index in [0.717, 1.165) is 0 Å². The molecule has 0 fully saturated rings. The van der Waals surface area contributed by atoms with Crippen LogP contribution in [0.3, 0.4) is 0 Å². The van der Waals surface area contributed by atoms with E-state index < -0.39 is 12.9 Å². The molecule has 0 radical (unpaired) electrons. The smallest absolute Gasteiger partial charge is 0.406 e. The van der Waals surface area contributed by atoms with Crippen LogP contribution < -0.4 is 5.32 Å². The summed E-state index contributed by atoms with van der Waals surface area (Å²) in [7, 11) is 0. The molecule has 5 heteroatoms. The van der Waals surface area contributed by atoms with Crippen LogP contribution in [0.4, 0.5) is 13.9 Å². The van der Waals surface area contributed by atoms with Crippen LogP contribution in [0.15, 0.2) is 0 Å². The molecule has 0 aromatic rings.